The van der Waals surface area contributed by atoms with Gasteiger partial charge in [-0.15, -0.1) is 0 Å². The summed E-state index contributed by atoms with van der Waals surface area (Å²) in [6.45, 7) is 5.79. The van der Waals surface area contributed by atoms with Gasteiger partial charge in [-0.1, -0.05) is 50.3 Å². The fourth-order valence-corrected chi connectivity index (χ4v) is 1.43. The minimum absolute atomic E-state index is 0.348. The lowest BCUT2D eigenvalue weighted by Gasteiger charge is -2.12. The van der Waals surface area contributed by atoms with Gasteiger partial charge in [0.25, 0.3) is 0 Å². The zero-order valence-electron chi connectivity index (χ0n) is 8.03. The molecule has 1 rings (SSSR count). The van der Waals surface area contributed by atoms with Crippen LogP contribution in [0.15, 0.2) is 30.8 Å². The van der Waals surface area contributed by atoms with Gasteiger partial charge in [-0.25, -0.2) is 0 Å². The fraction of sp³-hybridized carbons (Fsp3) is 0.333. The summed E-state index contributed by atoms with van der Waals surface area (Å²) in [6, 6.07) is 7.83. The molecule has 0 fully saturated rings. The van der Waals surface area contributed by atoms with E-state index in [-0.39, 0.29) is 6.10 Å². The summed E-state index contributed by atoms with van der Waals surface area (Å²) in [7, 11) is 0. The summed E-state index contributed by atoms with van der Waals surface area (Å²) < 4.78 is 0. The van der Waals surface area contributed by atoms with Gasteiger partial charge in [-0.3, -0.25) is 0 Å². The van der Waals surface area contributed by atoms with Crippen LogP contribution in [0.1, 0.15) is 37.0 Å². The summed E-state index contributed by atoms with van der Waals surface area (Å²) in [5.74, 6) is 0. The summed E-state index contributed by atoms with van der Waals surface area (Å²) in [5.41, 5.74) is 2.02. The van der Waals surface area contributed by atoms with E-state index in [1.165, 1.54) is 0 Å². The Balaban J connectivity index is 2.91. The van der Waals surface area contributed by atoms with E-state index in [2.05, 4.69) is 13.5 Å². The molecule has 1 N–H and O–H groups in total. The van der Waals surface area contributed by atoms with Crippen LogP contribution in [-0.2, 0) is 0 Å². The van der Waals surface area contributed by atoms with Gasteiger partial charge in [0.15, 0.2) is 0 Å². The number of benzene rings is 1. The molecule has 1 nitrogen and oxygen atoms in total. The van der Waals surface area contributed by atoms with Gasteiger partial charge in [-0.05, 0) is 17.5 Å². The highest BCUT2D eigenvalue weighted by Crippen LogP contribution is 2.22. The van der Waals surface area contributed by atoms with Crippen molar-refractivity contribution in [2.24, 2.45) is 0 Å². The Labute approximate surface area is 79.7 Å². The van der Waals surface area contributed by atoms with E-state index in [4.69, 9.17) is 0 Å². The molecular formula is C12H16O. The van der Waals surface area contributed by atoms with E-state index in [0.29, 0.717) is 0 Å². The quantitative estimate of drug-likeness (QED) is 0.747. The van der Waals surface area contributed by atoms with Crippen molar-refractivity contribution in [1.29, 1.82) is 0 Å². The van der Waals surface area contributed by atoms with Gasteiger partial charge >= 0.3 is 0 Å². The van der Waals surface area contributed by atoms with Crippen LogP contribution in [0.5, 0.6) is 0 Å². The monoisotopic (exact) mass is 176 g/mol. The van der Waals surface area contributed by atoms with Crippen LogP contribution in [-0.4, -0.2) is 5.11 Å². The Bertz CT molecular complexity index is 278. The molecule has 1 aromatic carbocycles. The van der Waals surface area contributed by atoms with E-state index in [0.717, 1.165) is 24.0 Å². The van der Waals surface area contributed by atoms with Crippen LogP contribution in [0.2, 0.25) is 0 Å². The second kappa shape index (κ2) is 4.83. The molecule has 13 heavy (non-hydrogen) atoms. The lowest BCUT2D eigenvalue weighted by molar-refractivity contribution is 0.166. The summed E-state index contributed by atoms with van der Waals surface area (Å²) >= 11 is 0. The normalized spacial score (nSPS) is 12.5. The number of aliphatic hydroxyl groups excluding tert-OH is 1. The Morgan fingerprint density at radius 2 is 2.15 bits per heavy atom. The minimum atomic E-state index is -0.348. The highest BCUT2D eigenvalue weighted by Gasteiger charge is 2.08. The van der Waals surface area contributed by atoms with Crippen molar-refractivity contribution < 1.29 is 5.11 Å². The highest BCUT2D eigenvalue weighted by molar-refractivity contribution is 5.52. The molecule has 0 heterocycles. The topological polar surface area (TPSA) is 20.2 Å². The zero-order chi connectivity index (χ0) is 9.68. The second-order valence-electron chi connectivity index (χ2n) is 3.14. The van der Waals surface area contributed by atoms with Crippen molar-refractivity contribution >= 4 is 6.08 Å². The first kappa shape index (κ1) is 10.0. The van der Waals surface area contributed by atoms with E-state index in [9.17, 15) is 5.11 Å². The Morgan fingerprint density at radius 3 is 2.77 bits per heavy atom. The van der Waals surface area contributed by atoms with Crippen molar-refractivity contribution in [2.45, 2.75) is 25.9 Å². The lowest BCUT2D eigenvalue weighted by atomic mass is 9.99. The number of rotatable bonds is 4. The SMILES string of the molecule is C=Cc1ccccc1C(O)CCC. The molecule has 0 aromatic heterocycles. The van der Waals surface area contributed by atoms with Crippen molar-refractivity contribution in [3.05, 3.63) is 42.0 Å². The summed E-state index contributed by atoms with van der Waals surface area (Å²) in [6.07, 6.45) is 3.24. The van der Waals surface area contributed by atoms with Crippen LogP contribution in [0.3, 0.4) is 0 Å². The lowest BCUT2D eigenvalue weighted by Crippen LogP contribution is -1.98. The Morgan fingerprint density at radius 1 is 1.46 bits per heavy atom. The molecule has 0 radical (unpaired) electrons. The molecule has 1 aromatic rings. The van der Waals surface area contributed by atoms with Crippen molar-refractivity contribution in [1.82, 2.24) is 0 Å². The third kappa shape index (κ3) is 2.43. The van der Waals surface area contributed by atoms with Gasteiger partial charge in [-0.2, -0.15) is 0 Å². The van der Waals surface area contributed by atoms with Crippen LogP contribution in [0, 0.1) is 0 Å². The first-order chi connectivity index (χ1) is 6.29. The largest absolute Gasteiger partial charge is 0.388 e. The first-order valence-electron chi connectivity index (χ1n) is 4.69. The maximum absolute atomic E-state index is 9.78. The summed E-state index contributed by atoms with van der Waals surface area (Å²) in [4.78, 5) is 0. The van der Waals surface area contributed by atoms with E-state index >= 15 is 0 Å². The Hall–Kier alpha value is -1.08. The zero-order valence-corrected chi connectivity index (χ0v) is 8.03. The molecular weight excluding hydrogens is 160 g/mol. The molecule has 1 heteroatoms. The molecule has 0 saturated carbocycles. The standard InChI is InChI=1S/C12H16O/c1-3-7-12(13)11-9-6-5-8-10(11)4-2/h4-6,8-9,12-13H,2-3,7H2,1H3. The summed E-state index contributed by atoms with van der Waals surface area (Å²) in [5, 5.41) is 9.78. The maximum Gasteiger partial charge on any atom is 0.0795 e. The predicted octanol–water partition coefficient (Wildman–Crippen LogP) is 3.16. The highest BCUT2D eigenvalue weighted by atomic mass is 16.3. The van der Waals surface area contributed by atoms with E-state index in [1.54, 1.807) is 6.08 Å². The molecule has 0 amide bonds. The minimum Gasteiger partial charge on any atom is -0.388 e. The third-order valence-corrected chi connectivity index (χ3v) is 2.14. The van der Waals surface area contributed by atoms with Crippen molar-refractivity contribution in [3.63, 3.8) is 0 Å². The fourth-order valence-electron chi connectivity index (χ4n) is 1.43. The average molecular weight is 176 g/mol. The van der Waals surface area contributed by atoms with E-state index < -0.39 is 0 Å². The van der Waals surface area contributed by atoms with Crippen LogP contribution in [0.25, 0.3) is 6.08 Å². The van der Waals surface area contributed by atoms with Gasteiger partial charge in [0.05, 0.1) is 6.10 Å². The molecule has 1 atom stereocenters. The van der Waals surface area contributed by atoms with Gasteiger partial charge in [0, 0.05) is 0 Å². The first-order valence-corrected chi connectivity index (χ1v) is 4.69. The second-order valence-corrected chi connectivity index (χ2v) is 3.14. The number of aliphatic hydroxyl groups is 1. The molecule has 0 bridgehead atoms. The predicted molar refractivity (Wildman–Crippen MR) is 56.4 cm³/mol. The number of hydrogen-bond acceptors (Lipinski definition) is 1. The van der Waals surface area contributed by atoms with Crippen LogP contribution in [0.4, 0.5) is 0 Å². The molecule has 0 saturated heterocycles. The van der Waals surface area contributed by atoms with Gasteiger partial charge < -0.3 is 5.11 Å². The van der Waals surface area contributed by atoms with Crippen LogP contribution < -0.4 is 0 Å². The maximum atomic E-state index is 9.78. The van der Waals surface area contributed by atoms with Crippen LogP contribution >= 0.6 is 0 Å². The molecule has 1 unspecified atom stereocenters. The number of hydrogen-bond donors (Lipinski definition) is 1. The third-order valence-electron chi connectivity index (χ3n) is 2.14. The van der Waals surface area contributed by atoms with Gasteiger partial charge in [0.1, 0.15) is 0 Å². The van der Waals surface area contributed by atoms with Crippen molar-refractivity contribution in [3.8, 4) is 0 Å². The smallest absolute Gasteiger partial charge is 0.0795 e. The molecule has 0 spiro atoms. The molecule has 0 aliphatic carbocycles. The molecule has 0 aliphatic rings. The molecule has 0 aliphatic heterocycles. The molecule has 70 valence electrons. The Kier molecular flexibility index (Phi) is 3.71. The van der Waals surface area contributed by atoms with Crippen molar-refractivity contribution in [2.75, 3.05) is 0 Å². The average Bonchev–Trinajstić information content (AvgIpc) is 2.18. The van der Waals surface area contributed by atoms with E-state index in [1.807, 2.05) is 24.3 Å². The van der Waals surface area contributed by atoms with Gasteiger partial charge in [0.2, 0.25) is 0 Å².